The van der Waals surface area contributed by atoms with Crippen LogP contribution in [0.1, 0.15) is 44.1 Å². The first-order chi connectivity index (χ1) is 8.74. The molecule has 1 heterocycles. The zero-order valence-corrected chi connectivity index (χ0v) is 12.0. The van der Waals surface area contributed by atoms with E-state index in [-0.39, 0.29) is 6.10 Å². The van der Waals surface area contributed by atoms with Crippen LogP contribution in [0.5, 0.6) is 0 Å². The largest absolute Gasteiger partial charge is 0.392 e. The molecule has 1 fully saturated rings. The standard InChI is InChI=1S/C14H24N2OS/c1-16-10-12(9-15-16)7-8-13(17)11-18-14-5-3-2-4-6-14/h9-10,13-14,17H,2-8,11H2,1H3. The number of thioether (sulfide) groups is 1. The number of nitrogens with zero attached hydrogens (tertiary/aromatic N) is 2. The van der Waals surface area contributed by atoms with Crippen molar-refractivity contribution in [1.29, 1.82) is 0 Å². The predicted molar refractivity (Wildman–Crippen MR) is 76.9 cm³/mol. The average Bonchev–Trinajstić information content (AvgIpc) is 2.81. The van der Waals surface area contributed by atoms with Crippen LogP contribution in [0.2, 0.25) is 0 Å². The summed E-state index contributed by atoms with van der Waals surface area (Å²) in [5.41, 5.74) is 1.22. The zero-order chi connectivity index (χ0) is 12.8. The van der Waals surface area contributed by atoms with Crippen LogP contribution in [0.3, 0.4) is 0 Å². The van der Waals surface area contributed by atoms with Crippen LogP contribution in [0, 0.1) is 0 Å². The number of aliphatic hydroxyl groups excluding tert-OH is 1. The summed E-state index contributed by atoms with van der Waals surface area (Å²) < 4.78 is 1.82. The highest BCUT2D eigenvalue weighted by atomic mass is 32.2. The summed E-state index contributed by atoms with van der Waals surface area (Å²) in [7, 11) is 1.93. The Morgan fingerprint density at radius 2 is 2.22 bits per heavy atom. The highest BCUT2D eigenvalue weighted by molar-refractivity contribution is 7.99. The van der Waals surface area contributed by atoms with E-state index in [9.17, 15) is 5.11 Å². The number of rotatable bonds is 6. The quantitative estimate of drug-likeness (QED) is 0.862. The molecule has 0 aliphatic heterocycles. The lowest BCUT2D eigenvalue weighted by Gasteiger charge is -2.22. The van der Waals surface area contributed by atoms with Crippen molar-refractivity contribution in [2.45, 2.75) is 56.3 Å². The first-order valence-corrected chi connectivity index (χ1v) is 8.06. The summed E-state index contributed by atoms with van der Waals surface area (Å²) >= 11 is 1.97. The van der Waals surface area contributed by atoms with Gasteiger partial charge in [0, 0.05) is 24.2 Å². The van der Waals surface area contributed by atoms with E-state index in [1.54, 1.807) is 0 Å². The summed E-state index contributed by atoms with van der Waals surface area (Å²) in [6, 6.07) is 0. The van der Waals surface area contributed by atoms with E-state index >= 15 is 0 Å². The van der Waals surface area contributed by atoms with Crippen molar-refractivity contribution >= 4 is 11.8 Å². The molecule has 0 saturated heterocycles. The molecule has 1 N–H and O–H groups in total. The van der Waals surface area contributed by atoms with Gasteiger partial charge in [-0.15, -0.1) is 0 Å². The first-order valence-electron chi connectivity index (χ1n) is 7.01. The molecule has 0 spiro atoms. The second kappa shape index (κ2) is 7.19. The topological polar surface area (TPSA) is 38.0 Å². The smallest absolute Gasteiger partial charge is 0.0633 e. The predicted octanol–water partition coefficient (Wildman–Crippen LogP) is 2.78. The zero-order valence-electron chi connectivity index (χ0n) is 11.2. The Bertz CT molecular complexity index is 347. The molecule has 4 heteroatoms. The van der Waals surface area contributed by atoms with E-state index in [0.717, 1.165) is 23.8 Å². The maximum absolute atomic E-state index is 10.00. The van der Waals surface area contributed by atoms with Crippen molar-refractivity contribution in [3.8, 4) is 0 Å². The fourth-order valence-corrected chi connectivity index (χ4v) is 3.82. The Morgan fingerprint density at radius 3 is 2.89 bits per heavy atom. The normalized spacial score (nSPS) is 19.0. The molecule has 0 amide bonds. The van der Waals surface area contributed by atoms with Crippen LogP contribution in [0.4, 0.5) is 0 Å². The summed E-state index contributed by atoms with van der Waals surface area (Å²) in [5, 5.41) is 14.9. The lowest BCUT2D eigenvalue weighted by atomic mass is 10.0. The van der Waals surface area contributed by atoms with Crippen molar-refractivity contribution in [2.75, 3.05) is 5.75 Å². The second-order valence-electron chi connectivity index (χ2n) is 5.31. The van der Waals surface area contributed by atoms with Crippen molar-refractivity contribution in [1.82, 2.24) is 9.78 Å². The van der Waals surface area contributed by atoms with E-state index in [2.05, 4.69) is 5.10 Å². The third-order valence-electron chi connectivity index (χ3n) is 3.60. The fourth-order valence-electron chi connectivity index (χ4n) is 2.50. The van der Waals surface area contributed by atoms with Crippen molar-refractivity contribution in [3.05, 3.63) is 18.0 Å². The number of hydrogen-bond acceptors (Lipinski definition) is 3. The minimum Gasteiger partial charge on any atom is -0.392 e. The van der Waals surface area contributed by atoms with Gasteiger partial charge >= 0.3 is 0 Å². The summed E-state index contributed by atoms with van der Waals surface area (Å²) in [5.74, 6) is 0.894. The molecule has 0 bridgehead atoms. The lowest BCUT2D eigenvalue weighted by Crippen LogP contribution is -2.16. The van der Waals surface area contributed by atoms with Gasteiger partial charge in [-0.1, -0.05) is 19.3 Å². The van der Waals surface area contributed by atoms with Gasteiger partial charge in [0.1, 0.15) is 0 Å². The molecule has 3 nitrogen and oxygen atoms in total. The molecular formula is C14H24N2OS. The van der Waals surface area contributed by atoms with Gasteiger partial charge in [-0.25, -0.2) is 0 Å². The third kappa shape index (κ3) is 4.65. The number of aliphatic hydroxyl groups is 1. The van der Waals surface area contributed by atoms with Crippen LogP contribution in [0.25, 0.3) is 0 Å². The molecule has 1 aliphatic rings. The molecule has 18 heavy (non-hydrogen) atoms. The van der Waals surface area contributed by atoms with Crippen LogP contribution in [-0.2, 0) is 13.5 Å². The lowest BCUT2D eigenvalue weighted by molar-refractivity contribution is 0.189. The van der Waals surface area contributed by atoms with Crippen molar-refractivity contribution < 1.29 is 5.11 Å². The van der Waals surface area contributed by atoms with E-state index in [1.165, 1.54) is 37.7 Å². The molecule has 1 unspecified atom stereocenters. The minimum atomic E-state index is -0.169. The van der Waals surface area contributed by atoms with E-state index in [1.807, 2.05) is 35.9 Å². The Kier molecular flexibility index (Phi) is 5.57. The van der Waals surface area contributed by atoms with Gasteiger partial charge in [-0.05, 0) is 31.2 Å². The van der Waals surface area contributed by atoms with Crippen LogP contribution >= 0.6 is 11.8 Å². The SMILES string of the molecule is Cn1cc(CCC(O)CSC2CCCCC2)cn1. The van der Waals surface area contributed by atoms with Crippen LogP contribution in [0.15, 0.2) is 12.4 Å². The van der Waals surface area contributed by atoms with Crippen LogP contribution in [-0.4, -0.2) is 32.0 Å². The van der Waals surface area contributed by atoms with Gasteiger partial charge in [-0.2, -0.15) is 16.9 Å². The average molecular weight is 268 g/mol. The Morgan fingerprint density at radius 1 is 1.44 bits per heavy atom. The Hall–Kier alpha value is -0.480. The molecule has 102 valence electrons. The number of aromatic nitrogens is 2. The van der Waals surface area contributed by atoms with Crippen molar-refractivity contribution in [2.24, 2.45) is 7.05 Å². The fraction of sp³-hybridized carbons (Fsp3) is 0.786. The van der Waals surface area contributed by atoms with E-state index in [4.69, 9.17) is 0 Å². The van der Waals surface area contributed by atoms with Gasteiger partial charge in [0.15, 0.2) is 0 Å². The minimum absolute atomic E-state index is 0.169. The third-order valence-corrected chi connectivity index (χ3v) is 5.12. The molecule has 1 aliphatic carbocycles. The van der Waals surface area contributed by atoms with E-state index < -0.39 is 0 Å². The first kappa shape index (κ1) is 13.9. The number of hydrogen-bond donors (Lipinski definition) is 1. The monoisotopic (exact) mass is 268 g/mol. The summed E-state index contributed by atoms with van der Waals surface area (Å²) in [6.07, 6.45) is 12.4. The molecule has 1 aromatic heterocycles. The molecular weight excluding hydrogens is 244 g/mol. The highest BCUT2D eigenvalue weighted by Gasteiger charge is 2.15. The van der Waals surface area contributed by atoms with Gasteiger partial charge in [0.05, 0.1) is 12.3 Å². The molecule has 1 atom stereocenters. The van der Waals surface area contributed by atoms with Gasteiger partial charge in [0.2, 0.25) is 0 Å². The maximum atomic E-state index is 10.00. The Labute approximate surface area is 114 Å². The van der Waals surface area contributed by atoms with E-state index in [0.29, 0.717) is 0 Å². The highest BCUT2D eigenvalue weighted by Crippen LogP contribution is 2.28. The Balaban J connectivity index is 1.61. The molecule has 0 aromatic carbocycles. The van der Waals surface area contributed by atoms with Crippen LogP contribution < -0.4 is 0 Å². The molecule has 2 rings (SSSR count). The summed E-state index contributed by atoms with van der Waals surface area (Å²) in [4.78, 5) is 0. The van der Waals surface area contributed by atoms with Gasteiger partial charge in [0.25, 0.3) is 0 Å². The molecule has 0 radical (unpaired) electrons. The molecule has 1 aromatic rings. The number of aryl methyl sites for hydroxylation is 2. The second-order valence-corrected chi connectivity index (χ2v) is 6.64. The maximum Gasteiger partial charge on any atom is 0.0633 e. The summed E-state index contributed by atoms with van der Waals surface area (Å²) in [6.45, 7) is 0. The van der Waals surface area contributed by atoms with Crippen molar-refractivity contribution in [3.63, 3.8) is 0 Å². The molecule has 1 saturated carbocycles. The van der Waals surface area contributed by atoms with Gasteiger partial charge in [-0.3, -0.25) is 4.68 Å². The van der Waals surface area contributed by atoms with Gasteiger partial charge < -0.3 is 5.11 Å².